The lowest BCUT2D eigenvalue weighted by Crippen LogP contribution is -2.42. The highest BCUT2D eigenvalue weighted by atomic mass is 19.1. The average molecular weight is 228 g/mol. The van der Waals surface area contributed by atoms with Gasteiger partial charge in [-0.25, -0.2) is 4.39 Å². The molecule has 2 rings (SSSR count). The maximum atomic E-state index is 13.2. The van der Waals surface area contributed by atoms with E-state index in [4.69, 9.17) is 0 Å². The Balaban J connectivity index is 1.77. The van der Waals surface area contributed by atoms with Gasteiger partial charge in [0, 0.05) is 13.0 Å². The number of piperidine rings is 2. The molecule has 0 unspecified atom stereocenters. The maximum absolute atomic E-state index is 13.2. The predicted octanol–water partition coefficient (Wildman–Crippen LogP) is 1.34. The van der Waals surface area contributed by atoms with Crippen LogP contribution in [0.4, 0.5) is 4.39 Å². The smallest absolute Gasteiger partial charge is 0.222 e. The van der Waals surface area contributed by atoms with Gasteiger partial charge in [0.1, 0.15) is 6.17 Å². The number of hydrogen-bond donors (Lipinski definition) is 1. The number of rotatable bonds is 2. The Bertz CT molecular complexity index is 241. The molecule has 0 bridgehead atoms. The fraction of sp³-hybridized carbons (Fsp3) is 0.917. The molecule has 2 aliphatic rings. The van der Waals surface area contributed by atoms with Gasteiger partial charge >= 0.3 is 0 Å². The SMILES string of the molecule is O=C(CC1CCNCC1)N1CCC[C@@H](F)C1. The number of hydrogen-bond acceptors (Lipinski definition) is 2. The second kappa shape index (κ2) is 5.62. The Labute approximate surface area is 96.4 Å². The van der Waals surface area contributed by atoms with E-state index in [1.807, 2.05) is 0 Å². The highest BCUT2D eigenvalue weighted by molar-refractivity contribution is 5.76. The fourth-order valence-corrected chi connectivity index (χ4v) is 2.61. The second-order valence-electron chi connectivity index (χ2n) is 4.98. The molecule has 1 N–H and O–H groups in total. The van der Waals surface area contributed by atoms with Gasteiger partial charge in [0.05, 0.1) is 6.54 Å². The van der Waals surface area contributed by atoms with Crippen LogP contribution in [0, 0.1) is 5.92 Å². The fourth-order valence-electron chi connectivity index (χ4n) is 2.61. The summed E-state index contributed by atoms with van der Waals surface area (Å²) in [5.74, 6) is 0.669. The second-order valence-corrected chi connectivity index (χ2v) is 4.98. The van der Waals surface area contributed by atoms with Crippen LogP contribution in [0.3, 0.4) is 0 Å². The molecule has 0 radical (unpaired) electrons. The van der Waals surface area contributed by atoms with E-state index in [1.165, 1.54) is 0 Å². The van der Waals surface area contributed by atoms with Gasteiger partial charge in [-0.3, -0.25) is 4.79 Å². The van der Waals surface area contributed by atoms with Crippen LogP contribution >= 0.6 is 0 Å². The van der Waals surface area contributed by atoms with Gasteiger partial charge in [-0.05, 0) is 44.7 Å². The maximum Gasteiger partial charge on any atom is 0.222 e. The molecule has 2 saturated heterocycles. The summed E-state index contributed by atoms with van der Waals surface area (Å²) in [6, 6.07) is 0. The van der Waals surface area contributed by atoms with Crippen LogP contribution in [0.15, 0.2) is 0 Å². The summed E-state index contributed by atoms with van der Waals surface area (Å²) in [6.45, 7) is 3.11. The van der Waals surface area contributed by atoms with Crippen LogP contribution in [0.5, 0.6) is 0 Å². The van der Waals surface area contributed by atoms with E-state index in [2.05, 4.69) is 5.32 Å². The van der Waals surface area contributed by atoms with Crippen molar-refractivity contribution in [1.82, 2.24) is 10.2 Å². The third-order valence-corrected chi connectivity index (χ3v) is 3.64. The number of nitrogens with one attached hydrogen (secondary N) is 1. The lowest BCUT2D eigenvalue weighted by Gasteiger charge is -2.31. The summed E-state index contributed by atoms with van der Waals surface area (Å²) >= 11 is 0. The van der Waals surface area contributed by atoms with Gasteiger partial charge < -0.3 is 10.2 Å². The Morgan fingerprint density at radius 3 is 2.75 bits per heavy atom. The van der Waals surface area contributed by atoms with Crippen molar-refractivity contribution < 1.29 is 9.18 Å². The van der Waals surface area contributed by atoms with Crippen LogP contribution in [0.1, 0.15) is 32.1 Å². The Hall–Kier alpha value is -0.640. The molecule has 0 aromatic rings. The molecule has 1 amide bonds. The lowest BCUT2D eigenvalue weighted by molar-refractivity contribution is -0.134. The molecule has 92 valence electrons. The van der Waals surface area contributed by atoms with Crippen LogP contribution in [-0.4, -0.2) is 43.2 Å². The van der Waals surface area contributed by atoms with Crippen molar-refractivity contribution in [2.45, 2.75) is 38.3 Å². The van der Waals surface area contributed by atoms with Crippen molar-refractivity contribution in [2.75, 3.05) is 26.2 Å². The van der Waals surface area contributed by atoms with Gasteiger partial charge in [0.15, 0.2) is 0 Å². The molecule has 0 saturated carbocycles. The highest BCUT2D eigenvalue weighted by Crippen LogP contribution is 2.20. The number of alkyl halides is 1. The van der Waals surface area contributed by atoms with E-state index in [-0.39, 0.29) is 5.91 Å². The number of carbonyl (C=O) groups excluding carboxylic acids is 1. The van der Waals surface area contributed by atoms with Crippen molar-refractivity contribution in [3.63, 3.8) is 0 Å². The van der Waals surface area contributed by atoms with Crippen LogP contribution in [-0.2, 0) is 4.79 Å². The van der Waals surface area contributed by atoms with E-state index in [1.54, 1.807) is 4.90 Å². The molecule has 2 aliphatic heterocycles. The summed E-state index contributed by atoms with van der Waals surface area (Å²) in [5, 5.41) is 3.29. The molecular formula is C12H21FN2O. The van der Waals surface area contributed by atoms with E-state index in [9.17, 15) is 9.18 Å². The molecule has 2 heterocycles. The molecule has 0 aromatic carbocycles. The molecule has 2 fully saturated rings. The minimum atomic E-state index is -0.800. The molecular weight excluding hydrogens is 207 g/mol. The van der Waals surface area contributed by atoms with E-state index >= 15 is 0 Å². The average Bonchev–Trinajstić information content (AvgIpc) is 2.30. The molecule has 0 aromatic heterocycles. The molecule has 16 heavy (non-hydrogen) atoms. The molecule has 3 nitrogen and oxygen atoms in total. The largest absolute Gasteiger partial charge is 0.340 e. The number of carbonyl (C=O) groups is 1. The first-order chi connectivity index (χ1) is 7.75. The van der Waals surface area contributed by atoms with E-state index < -0.39 is 6.17 Å². The summed E-state index contributed by atoms with van der Waals surface area (Å²) in [7, 11) is 0. The zero-order valence-electron chi connectivity index (χ0n) is 9.75. The van der Waals surface area contributed by atoms with Crippen LogP contribution in [0.2, 0.25) is 0 Å². The van der Waals surface area contributed by atoms with E-state index in [0.29, 0.717) is 25.3 Å². The Kier molecular flexibility index (Phi) is 4.16. The highest BCUT2D eigenvalue weighted by Gasteiger charge is 2.25. The number of amides is 1. The van der Waals surface area contributed by atoms with Gasteiger partial charge in [0.2, 0.25) is 5.91 Å². The normalized spacial score (nSPS) is 28.1. The summed E-state index contributed by atoms with van der Waals surface area (Å²) in [4.78, 5) is 13.7. The lowest BCUT2D eigenvalue weighted by atomic mass is 9.93. The third kappa shape index (κ3) is 3.17. The number of likely N-dealkylation sites (tertiary alicyclic amines) is 1. The minimum absolute atomic E-state index is 0.161. The Morgan fingerprint density at radius 1 is 1.31 bits per heavy atom. The van der Waals surface area contributed by atoms with Gasteiger partial charge in [-0.1, -0.05) is 0 Å². The zero-order chi connectivity index (χ0) is 11.4. The topological polar surface area (TPSA) is 32.3 Å². The van der Waals surface area contributed by atoms with Crippen molar-refractivity contribution in [1.29, 1.82) is 0 Å². The summed E-state index contributed by atoms with van der Waals surface area (Å²) < 4.78 is 13.2. The quantitative estimate of drug-likeness (QED) is 0.773. The van der Waals surface area contributed by atoms with Crippen LogP contribution < -0.4 is 5.32 Å². The van der Waals surface area contributed by atoms with Crippen molar-refractivity contribution in [2.24, 2.45) is 5.92 Å². The first-order valence-electron chi connectivity index (χ1n) is 6.38. The molecule has 0 aliphatic carbocycles. The predicted molar refractivity (Wildman–Crippen MR) is 60.9 cm³/mol. The standard InChI is InChI=1S/C12H21FN2O/c13-11-2-1-7-15(9-11)12(16)8-10-3-5-14-6-4-10/h10-11,14H,1-9H2/t11-/m1/s1. The first kappa shape index (κ1) is 11.8. The number of nitrogens with zero attached hydrogens (tertiary/aromatic N) is 1. The number of halogens is 1. The van der Waals surface area contributed by atoms with Crippen molar-refractivity contribution >= 4 is 5.91 Å². The monoisotopic (exact) mass is 228 g/mol. The minimum Gasteiger partial charge on any atom is -0.340 e. The summed E-state index contributed by atoms with van der Waals surface area (Å²) in [5.41, 5.74) is 0. The van der Waals surface area contributed by atoms with Gasteiger partial charge in [0.25, 0.3) is 0 Å². The zero-order valence-corrected chi connectivity index (χ0v) is 9.75. The molecule has 1 atom stereocenters. The van der Waals surface area contributed by atoms with Crippen molar-refractivity contribution in [3.05, 3.63) is 0 Å². The van der Waals surface area contributed by atoms with E-state index in [0.717, 1.165) is 38.9 Å². The van der Waals surface area contributed by atoms with Gasteiger partial charge in [-0.2, -0.15) is 0 Å². The van der Waals surface area contributed by atoms with Crippen molar-refractivity contribution in [3.8, 4) is 0 Å². The van der Waals surface area contributed by atoms with Crippen LogP contribution in [0.25, 0.3) is 0 Å². The molecule has 4 heteroatoms. The molecule has 0 spiro atoms. The third-order valence-electron chi connectivity index (χ3n) is 3.64. The summed E-state index contributed by atoms with van der Waals surface area (Å²) in [6.07, 6.45) is 3.42. The van der Waals surface area contributed by atoms with Gasteiger partial charge in [-0.15, -0.1) is 0 Å². The Morgan fingerprint density at radius 2 is 2.06 bits per heavy atom. The first-order valence-corrected chi connectivity index (χ1v) is 6.38.